The highest BCUT2D eigenvalue weighted by atomic mass is 16.5. The van der Waals surface area contributed by atoms with Gasteiger partial charge in [-0.3, -0.25) is 0 Å². The van der Waals surface area contributed by atoms with E-state index in [9.17, 15) is 0 Å². The molecule has 2 nitrogen and oxygen atoms in total. The molecule has 1 aromatic carbocycles. The molecule has 1 N–H and O–H groups in total. The number of hydrogen-bond acceptors (Lipinski definition) is 2. The Morgan fingerprint density at radius 2 is 2.00 bits per heavy atom. The fourth-order valence-corrected chi connectivity index (χ4v) is 2.02. The molecule has 0 amide bonds. The molecule has 0 aliphatic heterocycles. The molecule has 1 aromatic rings. The number of methoxy groups -OCH3 is 1. The molecule has 0 heterocycles. The minimum absolute atomic E-state index is 0.429. The normalized spacial score (nSPS) is 25.2. The van der Waals surface area contributed by atoms with Gasteiger partial charge < -0.3 is 10.1 Å². The SMILES string of the molecule is COc1ccc(C(C)NCC2CC2C)cc1. The van der Waals surface area contributed by atoms with E-state index in [0.717, 1.165) is 24.1 Å². The Kier molecular flexibility index (Phi) is 3.49. The van der Waals surface area contributed by atoms with Gasteiger partial charge >= 0.3 is 0 Å². The Labute approximate surface area is 98.0 Å². The summed E-state index contributed by atoms with van der Waals surface area (Å²) in [6, 6.07) is 8.74. The van der Waals surface area contributed by atoms with Crippen LogP contribution in [-0.2, 0) is 0 Å². The fraction of sp³-hybridized carbons (Fsp3) is 0.571. The lowest BCUT2D eigenvalue weighted by atomic mass is 10.1. The van der Waals surface area contributed by atoms with Crippen molar-refractivity contribution in [2.45, 2.75) is 26.3 Å². The lowest BCUT2D eigenvalue weighted by Gasteiger charge is -2.14. The zero-order chi connectivity index (χ0) is 11.5. The molecular formula is C14H21NO. The molecule has 0 saturated heterocycles. The molecule has 2 heteroatoms. The second-order valence-electron chi connectivity index (χ2n) is 4.88. The average Bonchev–Trinajstić information content (AvgIpc) is 3.02. The van der Waals surface area contributed by atoms with Gasteiger partial charge in [0, 0.05) is 6.04 Å². The van der Waals surface area contributed by atoms with Gasteiger partial charge in [-0.15, -0.1) is 0 Å². The van der Waals surface area contributed by atoms with Crippen LogP contribution in [0.3, 0.4) is 0 Å². The Morgan fingerprint density at radius 3 is 2.50 bits per heavy atom. The van der Waals surface area contributed by atoms with Crippen LogP contribution in [0.15, 0.2) is 24.3 Å². The van der Waals surface area contributed by atoms with Gasteiger partial charge in [-0.25, -0.2) is 0 Å². The standard InChI is InChI=1S/C14H21NO/c1-10-8-13(10)9-15-11(2)12-4-6-14(16-3)7-5-12/h4-7,10-11,13,15H,8-9H2,1-3H3. The van der Waals surface area contributed by atoms with E-state index >= 15 is 0 Å². The van der Waals surface area contributed by atoms with Crippen LogP contribution in [0.5, 0.6) is 5.75 Å². The predicted molar refractivity (Wildman–Crippen MR) is 66.7 cm³/mol. The van der Waals surface area contributed by atoms with Crippen molar-refractivity contribution in [1.29, 1.82) is 0 Å². The third-order valence-corrected chi connectivity index (χ3v) is 3.58. The molecule has 0 radical (unpaired) electrons. The van der Waals surface area contributed by atoms with Crippen LogP contribution in [0.2, 0.25) is 0 Å². The van der Waals surface area contributed by atoms with Crippen molar-refractivity contribution in [3.05, 3.63) is 29.8 Å². The molecule has 88 valence electrons. The predicted octanol–water partition coefficient (Wildman–Crippen LogP) is 3.00. The van der Waals surface area contributed by atoms with E-state index in [4.69, 9.17) is 4.74 Å². The van der Waals surface area contributed by atoms with E-state index in [1.54, 1.807) is 7.11 Å². The first-order valence-corrected chi connectivity index (χ1v) is 6.08. The van der Waals surface area contributed by atoms with Gasteiger partial charge in [-0.05, 0) is 49.4 Å². The van der Waals surface area contributed by atoms with Crippen LogP contribution >= 0.6 is 0 Å². The van der Waals surface area contributed by atoms with E-state index in [1.807, 2.05) is 12.1 Å². The molecule has 3 unspecified atom stereocenters. The quantitative estimate of drug-likeness (QED) is 0.822. The second kappa shape index (κ2) is 4.88. The van der Waals surface area contributed by atoms with Gasteiger partial charge in [0.2, 0.25) is 0 Å². The minimum atomic E-state index is 0.429. The van der Waals surface area contributed by atoms with E-state index in [2.05, 4.69) is 31.3 Å². The third-order valence-electron chi connectivity index (χ3n) is 3.58. The van der Waals surface area contributed by atoms with Crippen molar-refractivity contribution in [3.63, 3.8) is 0 Å². The van der Waals surface area contributed by atoms with E-state index in [1.165, 1.54) is 12.0 Å². The van der Waals surface area contributed by atoms with Crippen LogP contribution in [0, 0.1) is 11.8 Å². The van der Waals surface area contributed by atoms with Crippen LogP contribution < -0.4 is 10.1 Å². The van der Waals surface area contributed by atoms with Crippen LogP contribution in [0.25, 0.3) is 0 Å². The monoisotopic (exact) mass is 219 g/mol. The van der Waals surface area contributed by atoms with Crippen molar-refractivity contribution in [2.75, 3.05) is 13.7 Å². The summed E-state index contributed by atoms with van der Waals surface area (Å²) in [4.78, 5) is 0. The molecule has 1 saturated carbocycles. The van der Waals surface area contributed by atoms with Crippen molar-refractivity contribution in [2.24, 2.45) is 11.8 Å². The summed E-state index contributed by atoms with van der Waals surface area (Å²) in [6.45, 7) is 5.69. The topological polar surface area (TPSA) is 21.3 Å². The van der Waals surface area contributed by atoms with Gasteiger partial charge in [0.1, 0.15) is 5.75 Å². The van der Waals surface area contributed by atoms with Gasteiger partial charge in [-0.2, -0.15) is 0 Å². The molecule has 0 spiro atoms. The highest BCUT2D eigenvalue weighted by Crippen LogP contribution is 2.37. The average molecular weight is 219 g/mol. The highest BCUT2D eigenvalue weighted by Gasteiger charge is 2.32. The van der Waals surface area contributed by atoms with Gasteiger partial charge in [-0.1, -0.05) is 19.1 Å². The van der Waals surface area contributed by atoms with E-state index in [0.29, 0.717) is 6.04 Å². The maximum Gasteiger partial charge on any atom is 0.118 e. The van der Waals surface area contributed by atoms with Crippen molar-refractivity contribution in [1.82, 2.24) is 5.32 Å². The molecule has 0 bridgehead atoms. The largest absolute Gasteiger partial charge is 0.497 e. The number of hydrogen-bond donors (Lipinski definition) is 1. The summed E-state index contributed by atoms with van der Waals surface area (Å²) >= 11 is 0. The lowest BCUT2D eigenvalue weighted by Crippen LogP contribution is -2.21. The number of ether oxygens (including phenoxy) is 1. The van der Waals surface area contributed by atoms with Gasteiger partial charge in [0.25, 0.3) is 0 Å². The van der Waals surface area contributed by atoms with Crippen molar-refractivity contribution in [3.8, 4) is 5.75 Å². The maximum atomic E-state index is 5.15. The zero-order valence-electron chi connectivity index (χ0n) is 10.4. The van der Waals surface area contributed by atoms with Crippen LogP contribution in [0.1, 0.15) is 31.9 Å². The fourth-order valence-electron chi connectivity index (χ4n) is 2.02. The highest BCUT2D eigenvalue weighted by molar-refractivity contribution is 5.28. The summed E-state index contributed by atoms with van der Waals surface area (Å²) in [6.07, 6.45) is 1.39. The molecule has 3 atom stereocenters. The first kappa shape index (κ1) is 11.5. The van der Waals surface area contributed by atoms with Gasteiger partial charge in [0.05, 0.1) is 7.11 Å². The Balaban J connectivity index is 1.84. The molecular weight excluding hydrogens is 198 g/mol. The molecule has 1 aliphatic rings. The zero-order valence-corrected chi connectivity index (χ0v) is 10.4. The summed E-state index contributed by atoms with van der Waals surface area (Å²) in [5.74, 6) is 2.75. The van der Waals surface area contributed by atoms with Gasteiger partial charge in [0.15, 0.2) is 0 Å². The molecule has 16 heavy (non-hydrogen) atoms. The first-order valence-electron chi connectivity index (χ1n) is 6.08. The smallest absolute Gasteiger partial charge is 0.118 e. The first-order chi connectivity index (χ1) is 7.70. The number of nitrogens with one attached hydrogen (secondary N) is 1. The molecule has 1 fully saturated rings. The van der Waals surface area contributed by atoms with Crippen molar-refractivity contribution >= 4 is 0 Å². The summed E-state index contributed by atoms with van der Waals surface area (Å²) in [5, 5.41) is 3.59. The van der Waals surface area contributed by atoms with E-state index in [-0.39, 0.29) is 0 Å². The molecule has 2 rings (SSSR count). The maximum absolute atomic E-state index is 5.15. The van der Waals surface area contributed by atoms with Crippen LogP contribution in [0.4, 0.5) is 0 Å². The minimum Gasteiger partial charge on any atom is -0.497 e. The summed E-state index contributed by atoms with van der Waals surface area (Å²) < 4.78 is 5.15. The summed E-state index contributed by atoms with van der Waals surface area (Å²) in [7, 11) is 1.70. The summed E-state index contributed by atoms with van der Waals surface area (Å²) in [5.41, 5.74) is 1.33. The van der Waals surface area contributed by atoms with Crippen LogP contribution in [-0.4, -0.2) is 13.7 Å². The number of benzene rings is 1. The Morgan fingerprint density at radius 1 is 1.38 bits per heavy atom. The Hall–Kier alpha value is -1.02. The third kappa shape index (κ3) is 2.76. The number of rotatable bonds is 5. The second-order valence-corrected chi connectivity index (χ2v) is 4.88. The van der Waals surface area contributed by atoms with E-state index < -0.39 is 0 Å². The molecule has 0 aromatic heterocycles. The molecule has 1 aliphatic carbocycles. The van der Waals surface area contributed by atoms with Crippen molar-refractivity contribution < 1.29 is 4.74 Å². The Bertz CT molecular complexity index is 333. The lowest BCUT2D eigenvalue weighted by molar-refractivity contribution is 0.414.